The van der Waals surface area contributed by atoms with Gasteiger partial charge in [0, 0.05) is 6.20 Å². The van der Waals surface area contributed by atoms with Crippen LogP contribution < -0.4 is 14.4 Å². The Morgan fingerprint density at radius 3 is 2.47 bits per heavy atom. The van der Waals surface area contributed by atoms with Gasteiger partial charge >= 0.3 is 0 Å². The lowest BCUT2D eigenvalue weighted by molar-refractivity contribution is -0.119. The molecule has 8 heteroatoms. The normalized spacial score (nSPS) is 11.1. The number of rotatable bonds is 8. The highest BCUT2D eigenvalue weighted by Gasteiger charge is 2.30. The zero-order valence-corrected chi connectivity index (χ0v) is 19.4. The predicted molar refractivity (Wildman–Crippen MR) is 124 cm³/mol. The van der Waals surface area contributed by atoms with Crippen molar-refractivity contribution in [3.05, 3.63) is 83.2 Å². The Morgan fingerprint density at radius 2 is 1.81 bits per heavy atom. The third-order valence-electron chi connectivity index (χ3n) is 5.15. The number of ether oxygens (including phenoxy) is 1. The minimum Gasteiger partial charge on any atom is -0.495 e. The zero-order valence-electron chi connectivity index (χ0n) is 18.6. The number of carbonyl (C=O) groups excluding carboxylic acids is 1. The number of carbonyl (C=O) groups is 1. The van der Waals surface area contributed by atoms with E-state index < -0.39 is 15.9 Å². The maximum absolute atomic E-state index is 13.7. The smallest absolute Gasteiger partial charge is 0.268 e. The highest BCUT2D eigenvalue weighted by atomic mass is 32.2. The summed E-state index contributed by atoms with van der Waals surface area (Å²) in [4.78, 5) is 17.0. The minimum atomic E-state index is -4.10. The third kappa shape index (κ3) is 5.26. The number of methoxy groups -OCH3 is 1. The first kappa shape index (κ1) is 23.3. The monoisotopic (exact) mass is 453 g/mol. The maximum Gasteiger partial charge on any atom is 0.268 e. The number of hydrogen-bond donors (Lipinski definition) is 1. The Kier molecular flexibility index (Phi) is 7.15. The van der Waals surface area contributed by atoms with E-state index in [1.807, 2.05) is 26.0 Å². The van der Waals surface area contributed by atoms with Gasteiger partial charge in [-0.05, 0) is 73.9 Å². The van der Waals surface area contributed by atoms with E-state index in [1.165, 1.54) is 7.11 Å². The Morgan fingerprint density at radius 1 is 1.03 bits per heavy atom. The zero-order chi connectivity index (χ0) is 23.3. The maximum atomic E-state index is 13.7. The molecule has 3 aromatic rings. The van der Waals surface area contributed by atoms with Crippen LogP contribution in [0.3, 0.4) is 0 Å². The molecule has 1 heterocycles. The van der Waals surface area contributed by atoms with E-state index >= 15 is 0 Å². The average molecular weight is 454 g/mol. The van der Waals surface area contributed by atoms with Crippen molar-refractivity contribution in [3.8, 4) is 5.75 Å². The van der Waals surface area contributed by atoms with Crippen molar-refractivity contribution < 1.29 is 17.9 Å². The summed E-state index contributed by atoms with van der Waals surface area (Å²) in [6.45, 7) is 5.47. The van der Waals surface area contributed by atoms with Gasteiger partial charge in [0.1, 0.15) is 17.2 Å². The van der Waals surface area contributed by atoms with Crippen molar-refractivity contribution in [2.75, 3.05) is 18.0 Å². The first-order valence-corrected chi connectivity index (χ1v) is 11.6. The molecule has 3 rings (SSSR count). The summed E-state index contributed by atoms with van der Waals surface area (Å²) in [6, 6.07) is 15.6. The number of anilines is 1. The van der Waals surface area contributed by atoms with Crippen LogP contribution in [-0.4, -0.2) is 33.0 Å². The van der Waals surface area contributed by atoms with Crippen LogP contribution in [0.4, 0.5) is 5.69 Å². The predicted octanol–water partition coefficient (Wildman–Crippen LogP) is 3.53. The van der Waals surface area contributed by atoms with E-state index in [9.17, 15) is 13.2 Å². The number of pyridine rings is 1. The second-order valence-corrected chi connectivity index (χ2v) is 9.36. The molecule has 0 aliphatic rings. The van der Waals surface area contributed by atoms with Crippen LogP contribution in [-0.2, 0) is 21.4 Å². The van der Waals surface area contributed by atoms with E-state index in [1.54, 1.807) is 55.6 Å². The van der Waals surface area contributed by atoms with Crippen LogP contribution in [0.2, 0.25) is 0 Å². The molecule has 1 amide bonds. The quantitative estimate of drug-likeness (QED) is 0.564. The molecule has 2 aromatic carbocycles. The molecule has 0 saturated carbocycles. The average Bonchev–Trinajstić information content (AvgIpc) is 2.78. The van der Waals surface area contributed by atoms with E-state index in [2.05, 4.69) is 10.3 Å². The lowest BCUT2D eigenvalue weighted by atomic mass is 10.1. The number of nitrogens with zero attached hydrogens (tertiary/aromatic N) is 2. The largest absolute Gasteiger partial charge is 0.495 e. The van der Waals surface area contributed by atoms with Gasteiger partial charge in [-0.3, -0.25) is 14.1 Å². The van der Waals surface area contributed by atoms with Gasteiger partial charge in [0.2, 0.25) is 5.91 Å². The summed E-state index contributed by atoms with van der Waals surface area (Å²) < 4.78 is 33.9. The van der Waals surface area contributed by atoms with E-state index in [0.29, 0.717) is 11.4 Å². The molecular weight excluding hydrogens is 426 g/mol. The van der Waals surface area contributed by atoms with E-state index in [0.717, 1.165) is 21.0 Å². The van der Waals surface area contributed by atoms with E-state index in [-0.39, 0.29) is 23.7 Å². The number of nitrogens with one attached hydrogen (secondary N) is 1. The van der Waals surface area contributed by atoms with Crippen LogP contribution in [0, 0.1) is 20.8 Å². The summed E-state index contributed by atoms with van der Waals surface area (Å²) in [5, 5.41) is 2.75. The second kappa shape index (κ2) is 9.82. The summed E-state index contributed by atoms with van der Waals surface area (Å²) in [5.41, 5.74) is 3.81. The molecule has 0 radical (unpaired) electrons. The molecule has 1 aromatic heterocycles. The topological polar surface area (TPSA) is 88.6 Å². The van der Waals surface area contributed by atoms with Crippen molar-refractivity contribution >= 4 is 21.6 Å². The van der Waals surface area contributed by atoms with Crippen molar-refractivity contribution in [3.63, 3.8) is 0 Å². The fourth-order valence-electron chi connectivity index (χ4n) is 3.18. The summed E-state index contributed by atoms with van der Waals surface area (Å²) in [5.74, 6) is -0.220. The first-order valence-electron chi connectivity index (χ1n) is 10.1. The molecule has 0 bridgehead atoms. The lowest BCUT2D eigenvalue weighted by Crippen LogP contribution is -2.41. The fraction of sp³-hybridized carbons (Fsp3) is 0.250. The fourth-order valence-corrected chi connectivity index (χ4v) is 4.83. The van der Waals surface area contributed by atoms with Gasteiger partial charge in [0.05, 0.1) is 25.0 Å². The Hall–Kier alpha value is -3.39. The Balaban J connectivity index is 1.98. The SMILES string of the molecule is COc1ccc(C)cc1S(=O)(=O)N(CC(=O)NCc1ccccn1)c1ccc(C)c(C)c1. The molecule has 168 valence electrons. The molecule has 0 aliphatic heterocycles. The van der Waals surface area contributed by atoms with Gasteiger partial charge in [-0.15, -0.1) is 0 Å². The number of aryl methyl sites for hydroxylation is 3. The molecule has 0 saturated heterocycles. The van der Waals surface area contributed by atoms with Gasteiger partial charge in [-0.2, -0.15) is 0 Å². The molecule has 1 N–H and O–H groups in total. The number of amides is 1. The number of hydrogen-bond acceptors (Lipinski definition) is 5. The standard InChI is InChI=1S/C24H27N3O4S/c1-17-8-11-22(31-4)23(13-17)32(29,30)27(21-10-9-18(2)19(3)14-21)16-24(28)26-15-20-7-5-6-12-25-20/h5-14H,15-16H2,1-4H3,(H,26,28). The molecule has 32 heavy (non-hydrogen) atoms. The van der Waals surface area contributed by atoms with Gasteiger partial charge < -0.3 is 10.1 Å². The Bertz CT molecular complexity index is 1210. The van der Waals surface area contributed by atoms with Gasteiger partial charge in [-0.25, -0.2) is 8.42 Å². The van der Waals surface area contributed by atoms with Crippen LogP contribution >= 0.6 is 0 Å². The van der Waals surface area contributed by atoms with Crippen molar-refractivity contribution in [2.45, 2.75) is 32.2 Å². The van der Waals surface area contributed by atoms with Crippen LogP contribution in [0.15, 0.2) is 65.7 Å². The molecular formula is C24H27N3O4S. The number of aromatic nitrogens is 1. The summed E-state index contributed by atoms with van der Waals surface area (Å²) >= 11 is 0. The number of benzene rings is 2. The lowest BCUT2D eigenvalue weighted by Gasteiger charge is -2.25. The molecule has 0 fully saturated rings. The minimum absolute atomic E-state index is 0.00996. The third-order valence-corrected chi connectivity index (χ3v) is 6.94. The highest BCUT2D eigenvalue weighted by Crippen LogP contribution is 2.31. The van der Waals surface area contributed by atoms with Gasteiger partial charge in [0.25, 0.3) is 10.0 Å². The van der Waals surface area contributed by atoms with Crippen LogP contribution in [0.5, 0.6) is 5.75 Å². The van der Waals surface area contributed by atoms with Crippen molar-refractivity contribution in [1.82, 2.24) is 10.3 Å². The molecule has 0 spiro atoms. The number of sulfonamides is 1. The first-order chi connectivity index (χ1) is 15.2. The Labute approximate surface area is 189 Å². The molecule has 0 aliphatic carbocycles. The van der Waals surface area contributed by atoms with Gasteiger partial charge in [-0.1, -0.05) is 18.2 Å². The molecule has 0 unspecified atom stereocenters. The second-order valence-electron chi connectivity index (χ2n) is 7.53. The summed E-state index contributed by atoms with van der Waals surface area (Å²) in [7, 11) is -2.67. The van der Waals surface area contributed by atoms with Crippen LogP contribution in [0.25, 0.3) is 0 Å². The van der Waals surface area contributed by atoms with Crippen molar-refractivity contribution in [2.24, 2.45) is 0 Å². The van der Waals surface area contributed by atoms with Crippen molar-refractivity contribution in [1.29, 1.82) is 0 Å². The molecule has 0 atom stereocenters. The summed E-state index contributed by atoms with van der Waals surface area (Å²) in [6.07, 6.45) is 1.64. The van der Waals surface area contributed by atoms with Gasteiger partial charge in [0.15, 0.2) is 0 Å². The highest BCUT2D eigenvalue weighted by molar-refractivity contribution is 7.93. The van der Waals surface area contributed by atoms with E-state index in [4.69, 9.17) is 4.74 Å². The van der Waals surface area contributed by atoms with Crippen LogP contribution in [0.1, 0.15) is 22.4 Å². The molecule has 7 nitrogen and oxygen atoms in total.